The third kappa shape index (κ3) is 2.91. The van der Waals surface area contributed by atoms with E-state index in [1.807, 2.05) is 13.0 Å². The maximum Gasteiger partial charge on any atom is 0.178 e. The summed E-state index contributed by atoms with van der Waals surface area (Å²) < 4.78 is 16.5. The quantitative estimate of drug-likeness (QED) is 0.757. The van der Waals surface area contributed by atoms with E-state index in [2.05, 4.69) is 16.5 Å². The molecule has 0 spiro atoms. The number of hydrogen-bond donors (Lipinski definition) is 1. The van der Waals surface area contributed by atoms with Crippen LogP contribution in [0.4, 0.5) is 4.39 Å². The number of hydrogen-bond acceptors (Lipinski definition) is 1. The van der Waals surface area contributed by atoms with Gasteiger partial charge in [0.05, 0.1) is 11.0 Å². The second-order valence-electron chi connectivity index (χ2n) is 6.45. The van der Waals surface area contributed by atoms with Crippen LogP contribution in [0.5, 0.6) is 0 Å². The molecule has 1 aromatic carbocycles. The molecule has 1 aliphatic rings. The van der Waals surface area contributed by atoms with Gasteiger partial charge in [-0.3, -0.25) is 0 Å². The maximum atomic E-state index is 13.7. The van der Waals surface area contributed by atoms with Crippen molar-refractivity contribution in [3.8, 4) is 0 Å². The standard InChI is InChI=1S/C17H23FN2S/c1-3-12-4-6-13(7-5-12)10-20-16-8-11(2)14(18)9-15(16)19-17(20)21/h8-9,12-13H,3-7,10H2,1-2H3,(H,19,21). The largest absolute Gasteiger partial charge is 0.330 e. The number of rotatable bonds is 3. The zero-order valence-corrected chi connectivity index (χ0v) is 13.6. The van der Waals surface area contributed by atoms with Crippen molar-refractivity contribution < 1.29 is 4.39 Å². The first-order valence-corrected chi connectivity index (χ1v) is 8.38. The normalized spacial score (nSPS) is 22.8. The molecule has 1 N–H and O–H groups in total. The molecule has 1 fully saturated rings. The number of nitrogens with zero attached hydrogens (tertiary/aromatic N) is 1. The number of fused-ring (bicyclic) bond motifs is 1. The zero-order valence-electron chi connectivity index (χ0n) is 12.8. The summed E-state index contributed by atoms with van der Waals surface area (Å²) >= 11 is 5.44. The second kappa shape index (κ2) is 5.91. The molecular formula is C17H23FN2S. The lowest BCUT2D eigenvalue weighted by molar-refractivity contribution is 0.248. The molecule has 2 aromatic rings. The molecule has 1 aromatic heterocycles. The van der Waals surface area contributed by atoms with Crippen LogP contribution in [0.3, 0.4) is 0 Å². The minimum Gasteiger partial charge on any atom is -0.330 e. The lowest BCUT2D eigenvalue weighted by Gasteiger charge is -2.28. The van der Waals surface area contributed by atoms with Crippen LogP contribution in [0.25, 0.3) is 11.0 Å². The second-order valence-corrected chi connectivity index (χ2v) is 6.84. The summed E-state index contributed by atoms with van der Waals surface area (Å²) in [7, 11) is 0. The van der Waals surface area contributed by atoms with Gasteiger partial charge < -0.3 is 9.55 Å². The van der Waals surface area contributed by atoms with Gasteiger partial charge in [-0.1, -0.05) is 26.2 Å². The third-order valence-electron chi connectivity index (χ3n) is 5.04. The Hall–Kier alpha value is -1.16. The average molecular weight is 306 g/mol. The highest BCUT2D eigenvalue weighted by molar-refractivity contribution is 7.71. The van der Waals surface area contributed by atoms with Gasteiger partial charge in [-0.05, 0) is 61.5 Å². The number of imidazole rings is 1. The van der Waals surface area contributed by atoms with E-state index < -0.39 is 0 Å². The van der Waals surface area contributed by atoms with E-state index in [-0.39, 0.29) is 5.82 Å². The average Bonchev–Trinajstić information content (AvgIpc) is 2.76. The minimum atomic E-state index is -0.172. The lowest BCUT2D eigenvalue weighted by Crippen LogP contribution is -2.18. The van der Waals surface area contributed by atoms with Crippen LogP contribution in [-0.4, -0.2) is 9.55 Å². The van der Waals surface area contributed by atoms with Crippen LogP contribution in [0.2, 0.25) is 0 Å². The van der Waals surface area contributed by atoms with Crippen molar-refractivity contribution >= 4 is 23.3 Å². The Morgan fingerprint density at radius 1 is 1.24 bits per heavy atom. The number of aromatic amines is 1. The molecule has 1 aliphatic carbocycles. The molecule has 0 bridgehead atoms. The molecule has 4 heteroatoms. The molecule has 0 unspecified atom stereocenters. The monoisotopic (exact) mass is 306 g/mol. The smallest absolute Gasteiger partial charge is 0.178 e. The first kappa shape index (κ1) is 14.8. The fraction of sp³-hybridized carbons (Fsp3) is 0.588. The molecule has 2 nitrogen and oxygen atoms in total. The van der Waals surface area contributed by atoms with Gasteiger partial charge in [-0.15, -0.1) is 0 Å². The van der Waals surface area contributed by atoms with Crippen molar-refractivity contribution in [2.45, 2.75) is 52.5 Å². The summed E-state index contributed by atoms with van der Waals surface area (Å²) in [5.74, 6) is 1.44. The summed E-state index contributed by atoms with van der Waals surface area (Å²) in [6.07, 6.45) is 6.55. The van der Waals surface area contributed by atoms with Crippen molar-refractivity contribution in [1.29, 1.82) is 0 Å². The van der Waals surface area contributed by atoms with Crippen LogP contribution in [0, 0.1) is 29.3 Å². The van der Waals surface area contributed by atoms with Crippen LogP contribution in [-0.2, 0) is 6.54 Å². The van der Waals surface area contributed by atoms with Gasteiger partial charge in [0.15, 0.2) is 4.77 Å². The lowest BCUT2D eigenvalue weighted by atomic mass is 9.81. The predicted molar refractivity (Wildman–Crippen MR) is 87.6 cm³/mol. The molecule has 21 heavy (non-hydrogen) atoms. The van der Waals surface area contributed by atoms with Crippen LogP contribution in [0.15, 0.2) is 12.1 Å². The molecule has 1 heterocycles. The summed E-state index contributed by atoms with van der Waals surface area (Å²) in [6, 6.07) is 3.47. The highest BCUT2D eigenvalue weighted by atomic mass is 32.1. The van der Waals surface area contributed by atoms with Crippen molar-refractivity contribution in [3.05, 3.63) is 28.3 Å². The van der Waals surface area contributed by atoms with Crippen molar-refractivity contribution in [3.63, 3.8) is 0 Å². The van der Waals surface area contributed by atoms with Gasteiger partial charge in [0.2, 0.25) is 0 Å². The Morgan fingerprint density at radius 3 is 2.57 bits per heavy atom. The van der Waals surface area contributed by atoms with E-state index in [1.54, 1.807) is 6.07 Å². The first-order valence-electron chi connectivity index (χ1n) is 7.97. The maximum absolute atomic E-state index is 13.7. The number of benzene rings is 1. The van der Waals surface area contributed by atoms with E-state index in [0.29, 0.717) is 16.3 Å². The summed E-state index contributed by atoms with van der Waals surface area (Å²) in [6.45, 7) is 5.06. The Bertz CT molecular complexity index is 693. The number of nitrogens with one attached hydrogen (secondary N) is 1. The molecule has 0 amide bonds. The number of aromatic nitrogens is 2. The van der Waals surface area contributed by atoms with E-state index in [0.717, 1.165) is 23.5 Å². The fourth-order valence-electron chi connectivity index (χ4n) is 3.54. The fourth-order valence-corrected chi connectivity index (χ4v) is 3.83. The summed E-state index contributed by atoms with van der Waals surface area (Å²) in [5, 5.41) is 0. The van der Waals surface area contributed by atoms with Crippen molar-refractivity contribution in [2.24, 2.45) is 11.8 Å². The van der Waals surface area contributed by atoms with Gasteiger partial charge in [0.1, 0.15) is 5.82 Å². The van der Waals surface area contributed by atoms with Crippen LogP contribution in [0.1, 0.15) is 44.6 Å². The predicted octanol–water partition coefficient (Wildman–Crippen LogP) is 5.36. The van der Waals surface area contributed by atoms with E-state index in [1.165, 1.54) is 32.1 Å². The third-order valence-corrected chi connectivity index (χ3v) is 5.36. The van der Waals surface area contributed by atoms with Crippen molar-refractivity contribution in [2.75, 3.05) is 0 Å². The Kier molecular flexibility index (Phi) is 4.16. The van der Waals surface area contributed by atoms with Crippen LogP contribution >= 0.6 is 12.2 Å². The van der Waals surface area contributed by atoms with Gasteiger partial charge in [-0.25, -0.2) is 4.39 Å². The molecule has 3 rings (SSSR count). The SMILES string of the molecule is CCC1CCC(Cn2c(=S)[nH]c3cc(F)c(C)cc32)CC1. The van der Waals surface area contributed by atoms with E-state index in [9.17, 15) is 4.39 Å². The number of aryl methyl sites for hydroxylation is 1. The van der Waals surface area contributed by atoms with Gasteiger partial charge in [0, 0.05) is 6.54 Å². The van der Waals surface area contributed by atoms with E-state index >= 15 is 0 Å². The minimum absolute atomic E-state index is 0.172. The zero-order chi connectivity index (χ0) is 15.0. The molecule has 0 aliphatic heterocycles. The van der Waals surface area contributed by atoms with Gasteiger partial charge in [-0.2, -0.15) is 0 Å². The first-order chi connectivity index (χ1) is 10.1. The molecule has 1 saturated carbocycles. The molecule has 0 radical (unpaired) electrons. The number of halogens is 1. The summed E-state index contributed by atoms with van der Waals surface area (Å²) in [4.78, 5) is 3.14. The topological polar surface area (TPSA) is 20.7 Å². The highest BCUT2D eigenvalue weighted by Gasteiger charge is 2.21. The molecular weight excluding hydrogens is 283 g/mol. The molecule has 0 saturated heterocycles. The molecule has 114 valence electrons. The Morgan fingerprint density at radius 2 is 1.90 bits per heavy atom. The summed E-state index contributed by atoms with van der Waals surface area (Å²) in [5.41, 5.74) is 2.53. The number of H-pyrrole nitrogens is 1. The van der Waals surface area contributed by atoms with Gasteiger partial charge >= 0.3 is 0 Å². The van der Waals surface area contributed by atoms with Crippen molar-refractivity contribution in [1.82, 2.24) is 9.55 Å². The molecule has 0 atom stereocenters. The Labute approximate surface area is 130 Å². The highest BCUT2D eigenvalue weighted by Crippen LogP contribution is 2.32. The van der Waals surface area contributed by atoms with E-state index in [4.69, 9.17) is 12.2 Å². The Balaban J connectivity index is 1.86. The van der Waals surface area contributed by atoms with Crippen LogP contribution < -0.4 is 0 Å². The van der Waals surface area contributed by atoms with Gasteiger partial charge in [0.25, 0.3) is 0 Å².